The number of nitrogens with zero attached hydrogens (tertiary/aromatic N) is 5. The number of nitrogens with two attached hydrogens (primary N) is 1. The lowest BCUT2D eigenvalue weighted by molar-refractivity contribution is -0.145. The van der Waals surface area contributed by atoms with Crippen molar-refractivity contribution in [3.8, 4) is 11.5 Å². The normalized spacial score (nSPS) is 12.5. The number of hydrogen-bond donors (Lipinski definition) is 11. The van der Waals surface area contributed by atoms with E-state index in [0.717, 1.165) is 0 Å². The summed E-state index contributed by atoms with van der Waals surface area (Å²) in [6.07, 6.45) is 1.25. The van der Waals surface area contributed by atoms with Crippen LogP contribution in [-0.4, -0.2) is 159 Å². The third-order valence-corrected chi connectivity index (χ3v) is 14.7. The first-order valence-corrected chi connectivity index (χ1v) is 28.3. The number of aryl methyl sites for hydroxylation is 2. The molecule has 0 saturated carbocycles. The molecular formula is C52H65FN12O16S2. The standard InChI is InChI=1S/C52H65FN12O16S2/c1-52(33-10-16-37(66)17-11-33,34-12-18-38(67)19-13-34)21-20-43(69)58-40(48(74)75)29-45(71)59-41(49(76)77)30-44(70)57-39(47(73)56-23-26-81-28-27-80-25-22-55-46(72)32-8-14-35(53)15-9-32)6-2-3-24-65-31-36(61-64-65)5-4-7-42(68)60-50-62-63-51(82-50)83(54,78)79/h8-19,31,39-41,66-67H,2-7,20-30H2,1H3,(H,55,72)(H,56,73)(H,57,70)(H,58,69)(H,59,71)(H,74,75)(H,76,77)(H2,54,78,79)(H,60,62,68)/t39-,40-,41-/m0/s1. The predicted molar refractivity (Wildman–Crippen MR) is 292 cm³/mol. The highest BCUT2D eigenvalue weighted by Gasteiger charge is 2.33. The Balaban J connectivity index is 1.11. The number of phenolic OH excluding ortho intramolecular Hbond substituents is 2. The number of anilines is 1. The van der Waals surface area contributed by atoms with Gasteiger partial charge in [-0.05, 0) is 98.2 Å². The van der Waals surface area contributed by atoms with Crippen molar-refractivity contribution in [2.24, 2.45) is 5.14 Å². The minimum absolute atomic E-state index is 0.00429. The number of primary sulfonamides is 1. The summed E-state index contributed by atoms with van der Waals surface area (Å²) in [5.41, 5.74) is 1.36. The van der Waals surface area contributed by atoms with Crippen LogP contribution >= 0.6 is 11.3 Å². The molecule has 448 valence electrons. The fraction of sp³-hybridized carbons (Fsp3) is 0.423. The van der Waals surface area contributed by atoms with Gasteiger partial charge in [0, 0.05) is 49.7 Å². The fourth-order valence-electron chi connectivity index (χ4n) is 8.09. The lowest BCUT2D eigenvalue weighted by Crippen LogP contribution is -2.51. The number of unbranched alkanes of at least 4 members (excludes halogenated alkanes) is 1. The van der Waals surface area contributed by atoms with Gasteiger partial charge in [0.25, 0.3) is 15.9 Å². The Labute approximate surface area is 479 Å². The molecule has 2 aromatic heterocycles. The van der Waals surface area contributed by atoms with Crippen molar-refractivity contribution in [2.45, 2.75) is 106 Å². The van der Waals surface area contributed by atoms with Gasteiger partial charge in [-0.2, -0.15) is 0 Å². The van der Waals surface area contributed by atoms with E-state index in [9.17, 15) is 71.6 Å². The number of carbonyl (C=O) groups is 8. The van der Waals surface area contributed by atoms with Crippen LogP contribution in [0.3, 0.4) is 0 Å². The number of amides is 6. The number of carboxylic acids is 2. The van der Waals surface area contributed by atoms with E-state index in [1.165, 1.54) is 48.5 Å². The molecule has 83 heavy (non-hydrogen) atoms. The highest BCUT2D eigenvalue weighted by molar-refractivity contribution is 7.91. The number of carboxylic acid groups (broad SMARTS) is 2. The van der Waals surface area contributed by atoms with E-state index in [4.69, 9.17) is 14.6 Å². The molecule has 0 radical (unpaired) electrons. The number of halogens is 1. The number of sulfonamides is 1. The first-order chi connectivity index (χ1) is 39.5. The quantitative estimate of drug-likeness (QED) is 0.0198. The van der Waals surface area contributed by atoms with Gasteiger partial charge in [0.1, 0.15) is 35.4 Å². The van der Waals surface area contributed by atoms with Crippen molar-refractivity contribution in [1.82, 2.24) is 51.8 Å². The van der Waals surface area contributed by atoms with Gasteiger partial charge in [-0.25, -0.2) is 27.5 Å². The SMILES string of the molecule is CC(CCC(=O)N[C@@H](CC(=O)N[C@@H](CC(=O)N[C@@H](CCCCn1cc(CCCC(=O)Nc2nnc(S(N)(=O)=O)s2)nn1)C(=O)NCCOCCOCCNC(=O)c1ccc(F)cc1)C(=O)O)C(=O)O)(c1ccc(O)cc1)c1ccc(O)cc1. The van der Waals surface area contributed by atoms with E-state index in [-0.39, 0.29) is 87.4 Å². The summed E-state index contributed by atoms with van der Waals surface area (Å²) in [5, 5.41) is 74.7. The van der Waals surface area contributed by atoms with Crippen LogP contribution in [0.5, 0.6) is 11.5 Å². The summed E-state index contributed by atoms with van der Waals surface area (Å²) >= 11 is 0.608. The molecule has 0 bridgehead atoms. The molecule has 2 heterocycles. The Morgan fingerprint density at radius 2 is 1.24 bits per heavy atom. The van der Waals surface area contributed by atoms with Crippen molar-refractivity contribution < 1.29 is 81.1 Å². The molecule has 5 aromatic rings. The first kappa shape index (κ1) is 65.3. The molecular weight excluding hydrogens is 1130 g/mol. The van der Waals surface area contributed by atoms with Crippen LogP contribution in [0.15, 0.2) is 83.3 Å². The number of benzene rings is 3. The van der Waals surface area contributed by atoms with Gasteiger partial charge in [0.05, 0.1) is 45.0 Å². The van der Waals surface area contributed by atoms with E-state index in [2.05, 4.69) is 52.4 Å². The van der Waals surface area contributed by atoms with Gasteiger partial charge in [0.15, 0.2) is 0 Å². The number of aliphatic carboxylic acids is 2. The number of phenols is 2. The average Bonchev–Trinajstić information content (AvgIpc) is 4.13. The van der Waals surface area contributed by atoms with Gasteiger partial charge in [-0.3, -0.25) is 33.4 Å². The summed E-state index contributed by atoms with van der Waals surface area (Å²) in [6, 6.07) is 12.6. The minimum Gasteiger partial charge on any atom is -0.508 e. The topological polar surface area (TPSA) is 425 Å². The van der Waals surface area contributed by atoms with E-state index in [1.54, 1.807) is 35.1 Å². The molecule has 0 aliphatic heterocycles. The molecule has 0 unspecified atom stereocenters. The van der Waals surface area contributed by atoms with Crippen molar-refractivity contribution in [3.05, 3.63) is 107 Å². The highest BCUT2D eigenvalue weighted by Crippen LogP contribution is 2.38. The largest absolute Gasteiger partial charge is 0.508 e. The summed E-state index contributed by atoms with van der Waals surface area (Å²) in [4.78, 5) is 103. The van der Waals surface area contributed by atoms with Gasteiger partial charge in [0.2, 0.25) is 39.0 Å². The molecule has 6 amide bonds. The second-order valence-electron chi connectivity index (χ2n) is 18.9. The van der Waals surface area contributed by atoms with Gasteiger partial charge in [-0.1, -0.05) is 47.7 Å². The van der Waals surface area contributed by atoms with Crippen molar-refractivity contribution >= 4 is 73.9 Å². The Bertz CT molecular complexity index is 3070. The van der Waals surface area contributed by atoms with E-state index in [1.807, 2.05) is 6.92 Å². The highest BCUT2D eigenvalue weighted by atomic mass is 32.2. The second kappa shape index (κ2) is 32.2. The third kappa shape index (κ3) is 22.4. The summed E-state index contributed by atoms with van der Waals surface area (Å²) in [7, 11) is -4.07. The monoisotopic (exact) mass is 1200 g/mol. The number of aromatic hydroxyl groups is 2. The number of nitrogens with one attached hydrogen (secondary N) is 6. The smallest absolute Gasteiger partial charge is 0.326 e. The van der Waals surface area contributed by atoms with E-state index in [0.29, 0.717) is 60.4 Å². The van der Waals surface area contributed by atoms with Crippen LogP contribution in [0.25, 0.3) is 0 Å². The van der Waals surface area contributed by atoms with Gasteiger partial charge < -0.3 is 61.8 Å². The van der Waals surface area contributed by atoms with Crippen LogP contribution in [0.1, 0.15) is 91.9 Å². The van der Waals surface area contributed by atoms with Crippen LogP contribution in [0, 0.1) is 5.82 Å². The summed E-state index contributed by atoms with van der Waals surface area (Å²) in [5.74, 6) is -8.06. The molecule has 0 fully saturated rings. The number of aromatic nitrogens is 5. The molecule has 0 aliphatic rings. The fourth-order valence-corrected chi connectivity index (χ4v) is 9.44. The molecule has 3 atom stereocenters. The predicted octanol–water partition coefficient (Wildman–Crippen LogP) is 1.23. The van der Waals surface area contributed by atoms with E-state index < -0.39 is 104 Å². The number of carbonyl (C=O) groups excluding carboxylic acids is 6. The van der Waals surface area contributed by atoms with Crippen molar-refractivity contribution in [1.29, 1.82) is 0 Å². The van der Waals surface area contributed by atoms with Gasteiger partial charge in [-0.15, -0.1) is 15.3 Å². The van der Waals surface area contributed by atoms with E-state index >= 15 is 0 Å². The number of hydrogen-bond acceptors (Lipinski definition) is 19. The number of ether oxygens (including phenoxy) is 2. The van der Waals surface area contributed by atoms with Crippen LogP contribution in [0.2, 0.25) is 0 Å². The molecule has 12 N–H and O–H groups in total. The molecule has 31 heteroatoms. The lowest BCUT2D eigenvalue weighted by atomic mass is 9.73. The van der Waals surface area contributed by atoms with Gasteiger partial charge >= 0.3 is 11.9 Å². The molecule has 0 spiro atoms. The Hall–Kier alpha value is -8.52. The van der Waals surface area contributed by atoms with Crippen molar-refractivity contribution in [3.63, 3.8) is 0 Å². The summed E-state index contributed by atoms with van der Waals surface area (Å²) < 4.78 is 48.1. The molecule has 28 nitrogen and oxygen atoms in total. The zero-order chi connectivity index (χ0) is 60.5. The molecule has 0 aliphatic carbocycles. The van der Waals surface area contributed by atoms with Crippen molar-refractivity contribution in [2.75, 3.05) is 44.8 Å². The molecule has 3 aromatic carbocycles. The maximum absolute atomic E-state index is 13.5. The molecule has 0 saturated heterocycles. The molecule has 5 rings (SSSR count). The summed E-state index contributed by atoms with van der Waals surface area (Å²) in [6.45, 7) is 2.72. The Morgan fingerprint density at radius 1 is 0.687 bits per heavy atom. The maximum Gasteiger partial charge on any atom is 0.326 e. The van der Waals surface area contributed by atoms with Crippen LogP contribution in [-0.2, 0) is 71.4 Å². The Kier molecular flexibility index (Phi) is 25.3. The second-order valence-corrected chi connectivity index (χ2v) is 21.7. The first-order valence-electron chi connectivity index (χ1n) is 25.9. The number of rotatable bonds is 36. The lowest BCUT2D eigenvalue weighted by Gasteiger charge is -2.31. The zero-order valence-corrected chi connectivity index (χ0v) is 46.6. The maximum atomic E-state index is 13.5. The zero-order valence-electron chi connectivity index (χ0n) is 45.0. The average molecular weight is 1200 g/mol. The minimum atomic E-state index is -4.07. The van der Waals surface area contributed by atoms with Crippen LogP contribution < -0.4 is 37.0 Å². The Morgan fingerprint density at radius 3 is 1.80 bits per heavy atom. The van der Waals surface area contributed by atoms with Crippen LogP contribution in [0.4, 0.5) is 9.52 Å². The third-order valence-electron chi connectivity index (χ3n) is 12.6.